The minimum absolute atomic E-state index is 0.144. The van der Waals surface area contributed by atoms with Crippen LogP contribution in [-0.4, -0.2) is 49.7 Å². The van der Waals surface area contributed by atoms with E-state index in [1.54, 1.807) is 0 Å². The summed E-state index contributed by atoms with van der Waals surface area (Å²) in [5, 5.41) is 3.18. The molecule has 0 aromatic heterocycles. The van der Waals surface area contributed by atoms with E-state index in [1.807, 2.05) is 4.90 Å². The van der Waals surface area contributed by atoms with Gasteiger partial charge in [0.2, 0.25) is 0 Å². The van der Waals surface area contributed by atoms with E-state index < -0.39 is 0 Å². The van der Waals surface area contributed by atoms with Crippen molar-refractivity contribution in [2.24, 2.45) is 0 Å². The van der Waals surface area contributed by atoms with Crippen molar-refractivity contribution in [1.82, 2.24) is 10.2 Å². The van der Waals surface area contributed by atoms with Crippen LogP contribution in [0.2, 0.25) is 0 Å². The van der Waals surface area contributed by atoms with Gasteiger partial charge < -0.3 is 15.0 Å². The molecule has 0 aromatic rings. The molecular weight excluding hydrogens is 192 g/mol. The normalized spacial score (nSPS) is 21.3. The predicted octanol–water partition coefficient (Wildman–Crippen LogP) is 0.623. The second-order valence-corrected chi connectivity index (χ2v) is 3.89. The Kier molecular flexibility index (Phi) is 5.65. The average Bonchev–Trinajstić information content (AvgIpc) is 2.29. The molecule has 1 aliphatic rings. The fraction of sp³-hybridized carbons (Fsp3) is 0.909. The third kappa shape index (κ3) is 3.80. The molecule has 0 bridgehead atoms. The maximum Gasteiger partial charge on any atom is 0.253 e. The Morgan fingerprint density at radius 1 is 1.40 bits per heavy atom. The highest BCUT2D eigenvalue weighted by molar-refractivity contribution is 5.81. The van der Waals surface area contributed by atoms with Crippen molar-refractivity contribution < 1.29 is 9.53 Å². The lowest BCUT2D eigenvalue weighted by atomic mass is 10.2. The molecular formula is C11H22N2O2. The van der Waals surface area contributed by atoms with Crippen LogP contribution in [0.3, 0.4) is 0 Å². The van der Waals surface area contributed by atoms with Crippen molar-refractivity contribution in [2.75, 3.05) is 32.8 Å². The summed E-state index contributed by atoms with van der Waals surface area (Å²) in [7, 11) is 0. The third-order valence-electron chi connectivity index (χ3n) is 2.50. The number of carbonyl (C=O) groups excluding carboxylic acids is 1. The first-order chi connectivity index (χ1) is 7.29. The SMILES string of the molecule is CCCN(CCC)C(=O)[C@H]1CNCCO1. The van der Waals surface area contributed by atoms with Crippen LogP contribution in [0.25, 0.3) is 0 Å². The van der Waals surface area contributed by atoms with Crippen LogP contribution in [-0.2, 0) is 9.53 Å². The van der Waals surface area contributed by atoms with Crippen LogP contribution in [0.5, 0.6) is 0 Å². The van der Waals surface area contributed by atoms with E-state index in [0.717, 1.165) is 32.5 Å². The van der Waals surface area contributed by atoms with E-state index in [0.29, 0.717) is 13.2 Å². The molecule has 1 heterocycles. The van der Waals surface area contributed by atoms with Crippen LogP contribution < -0.4 is 5.32 Å². The maximum atomic E-state index is 12.0. The van der Waals surface area contributed by atoms with E-state index in [-0.39, 0.29) is 12.0 Å². The Morgan fingerprint density at radius 3 is 2.53 bits per heavy atom. The van der Waals surface area contributed by atoms with E-state index in [4.69, 9.17) is 4.74 Å². The third-order valence-corrected chi connectivity index (χ3v) is 2.50. The molecule has 88 valence electrons. The Balaban J connectivity index is 2.45. The second-order valence-electron chi connectivity index (χ2n) is 3.89. The van der Waals surface area contributed by atoms with Crippen LogP contribution in [0, 0.1) is 0 Å². The highest BCUT2D eigenvalue weighted by Gasteiger charge is 2.25. The first-order valence-corrected chi connectivity index (χ1v) is 5.90. The van der Waals surface area contributed by atoms with Crippen molar-refractivity contribution in [1.29, 1.82) is 0 Å². The number of nitrogens with zero attached hydrogens (tertiary/aromatic N) is 1. The number of hydrogen-bond acceptors (Lipinski definition) is 3. The fourth-order valence-corrected chi connectivity index (χ4v) is 1.80. The summed E-state index contributed by atoms with van der Waals surface area (Å²) in [6.07, 6.45) is 1.74. The van der Waals surface area contributed by atoms with Crippen LogP contribution in [0.4, 0.5) is 0 Å². The number of amides is 1. The highest BCUT2D eigenvalue weighted by atomic mass is 16.5. The standard InChI is InChI=1S/C11H22N2O2/c1-3-6-13(7-4-2)11(14)10-9-12-5-8-15-10/h10,12H,3-9H2,1-2H3/t10-/m1/s1. The molecule has 1 fully saturated rings. The topological polar surface area (TPSA) is 41.6 Å². The summed E-state index contributed by atoms with van der Waals surface area (Å²) in [6, 6.07) is 0. The first kappa shape index (κ1) is 12.5. The molecule has 0 aliphatic carbocycles. The van der Waals surface area contributed by atoms with Crippen LogP contribution in [0.1, 0.15) is 26.7 Å². The van der Waals surface area contributed by atoms with Crippen LogP contribution in [0.15, 0.2) is 0 Å². The van der Waals surface area contributed by atoms with Gasteiger partial charge in [0, 0.05) is 26.2 Å². The van der Waals surface area contributed by atoms with Crippen molar-refractivity contribution >= 4 is 5.91 Å². The van der Waals surface area contributed by atoms with Gasteiger partial charge in [0.25, 0.3) is 5.91 Å². The molecule has 4 nitrogen and oxygen atoms in total. The molecule has 0 unspecified atom stereocenters. The van der Waals surface area contributed by atoms with Gasteiger partial charge in [0.15, 0.2) is 0 Å². The Bertz CT molecular complexity index is 185. The number of hydrogen-bond donors (Lipinski definition) is 1. The molecule has 0 radical (unpaired) electrons. The molecule has 1 aliphatic heterocycles. The van der Waals surface area contributed by atoms with Gasteiger partial charge in [0.05, 0.1) is 6.61 Å². The first-order valence-electron chi connectivity index (χ1n) is 5.90. The zero-order valence-corrected chi connectivity index (χ0v) is 9.79. The van der Waals surface area contributed by atoms with Gasteiger partial charge in [0.1, 0.15) is 6.10 Å². The Morgan fingerprint density at radius 2 is 2.07 bits per heavy atom. The lowest BCUT2D eigenvalue weighted by molar-refractivity contribution is -0.145. The Hall–Kier alpha value is -0.610. The smallest absolute Gasteiger partial charge is 0.253 e. The fourth-order valence-electron chi connectivity index (χ4n) is 1.80. The van der Waals surface area contributed by atoms with Gasteiger partial charge in [-0.25, -0.2) is 0 Å². The van der Waals surface area contributed by atoms with Gasteiger partial charge in [-0.1, -0.05) is 13.8 Å². The molecule has 0 aromatic carbocycles. The molecule has 1 saturated heterocycles. The lowest BCUT2D eigenvalue weighted by Crippen LogP contribution is -2.49. The summed E-state index contributed by atoms with van der Waals surface area (Å²) >= 11 is 0. The predicted molar refractivity (Wildman–Crippen MR) is 59.8 cm³/mol. The molecule has 1 rings (SSSR count). The van der Waals surface area contributed by atoms with Gasteiger partial charge >= 0.3 is 0 Å². The van der Waals surface area contributed by atoms with Crippen molar-refractivity contribution in [3.8, 4) is 0 Å². The van der Waals surface area contributed by atoms with Gasteiger partial charge in [-0.05, 0) is 12.8 Å². The number of nitrogens with one attached hydrogen (secondary N) is 1. The summed E-state index contributed by atoms with van der Waals surface area (Å²) in [4.78, 5) is 14.0. The molecule has 0 spiro atoms. The number of ether oxygens (including phenoxy) is 1. The van der Waals surface area contributed by atoms with Gasteiger partial charge in [-0.3, -0.25) is 4.79 Å². The zero-order chi connectivity index (χ0) is 11.1. The zero-order valence-electron chi connectivity index (χ0n) is 9.79. The highest BCUT2D eigenvalue weighted by Crippen LogP contribution is 2.04. The quantitative estimate of drug-likeness (QED) is 0.729. The van der Waals surface area contributed by atoms with E-state index in [2.05, 4.69) is 19.2 Å². The van der Waals surface area contributed by atoms with Crippen molar-refractivity contribution in [2.45, 2.75) is 32.8 Å². The number of rotatable bonds is 5. The minimum atomic E-state index is -0.267. The number of carbonyl (C=O) groups is 1. The molecule has 15 heavy (non-hydrogen) atoms. The molecule has 0 saturated carbocycles. The van der Waals surface area contributed by atoms with E-state index in [9.17, 15) is 4.79 Å². The Labute approximate surface area is 92.0 Å². The summed E-state index contributed by atoms with van der Waals surface area (Å²) < 4.78 is 5.46. The second kappa shape index (κ2) is 6.80. The van der Waals surface area contributed by atoms with Gasteiger partial charge in [-0.15, -0.1) is 0 Å². The number of morpholine rings is 1. The minimum Gasteiger partial charge on any atom is -0.366 e. The van der Waals surface area contributed by atoms with Crippen LogP contribution >= 0.6 is 0 Å². The average molecular weight is 214 g/mol. The van der Waals surface area contributed by atoms with E-state index in [1.165, 1.54) is 0 Å². The van der Waals surface area contributed by atoms with Crippen molar-refractivity contribution in [3.63, 3.8) is 0 Å². The maximum absolute atomic E-state index is 12.0. The molecule has 1 amide bonds. The summed E-state index contributed by atoms with van der Waals surface area (Å²) in [5.41, 5.74) is 0. The lowest BCUT2D eigenvalue weighted by Gasteiger charge is -2.29. The largest absolute Gasteiger partial charge is 0.366 e. The monoisotopic (exact) mass is 214 g/mol. The molecule has 1 N–H and O–H groups in total. The van der Waals surface area contributed by atoms with E-state index >= 15 is 0 Å². The molecule has 4 heteroatoms. The van der Waals surface area contributed by atoms with Gasteiger partial charge in [-0.2, -0.15) is 0 Å². The summed E-state index contributed by atoms with van der Waals surface area (Å²) in [6.45, 7) is 8.02. The van der Waals surface area contributed by atoms with Crippen molar-refractivity contribution in [3.05, 3.63) is 0 Å². The summed E-state index contributed by atoms with van der Waals surface area (Å²) in [5.74, 6) is 0.144. The molecule has 1 atom stereocenters.